The van der Waals surface area contributed by atoms with Gasteiger partial charge in [-0.1, -0.05) is 36.4 Å². The van der Waals surface area contributed by atoms with E-state index < -0.39 is 5.91 Å². The van der Waals surface area contributed by atoms with Gasteiger partial charge in [-0.3, -0.25) is 4.79 Å². The predicted molar refractivity (Wildman–Crippen MR) is 117 cm³/mol. The molecule has 2 aromatic heterocycles. The summed E-state index contributed by atoms with van der Waals surface area (Å²) in [5.41, 5.74) is 8.66. The number of nitrogens with zero attached hydrogens (tertiary/aromatic N) is 4. The Balaban J connectivity index is 1.59. The topological polar surface area (TPSA) is 108 Å². The zero-order valence-corrected chi connectivity index (χ0v) is 16.9. The molecule has 5 rings (SSSR count). The third-order valence-corrected chi connectivity index (χ3v) is 5.35. The van der Waals surface area contributed by atoms with Crippen LogP contribution >= 0.6 is 0 Å². The fourth-order valence-electron chi connectivity index (χ4n) is 3.80. The number of aryl methyl sites for hydroxylation is 1. The number of nitrogens with one attached hydrogen (secondary N) is 1. The summed E-state index contributed by atoms with van der Waals surface area (Å²) < 4.78 is 7.64. The number of aromatic nitrogens is 4. The highest BCUT2D eigenvalue weighted by Crippen LogP contribution is 2.32. The lowest BCUT2D eigenvalue weighted by Gasteiger charge is -2.15. The van der Waals surface area contributed by atoms with E-state index in [0.717, 1.165) is 36.0 Å². The highest BCUT2D eigenvalue weighted by atomic mass is 16.5. The smallest absolute Gasteiger partial charge is 0.253 e. The molecule has 2 aromatic carbocycles. The standard InChI is InChI=1S/C23H22N6O2/c24-21(30)16-9-6-11-19-17(16)14-26-29(19)23-27-18-10-4-5-12-31-20(18)22(28-23)25-13-15-7-2-1-3-8-15/h1-3,6-9,11,14H,4-5,10,12-13H2,(H2,24,30)(H,25,27,28). The van der Waals surface area contributed by atoms with Gasteiger partial charge >= 0.3 is 0 Å². The summed E-state index contributed by atoms with van der Waals surface area (Å²) in [6.07, 6.45) is 4.39. The maximum Gasteiger partial charge on any atom is 0.253 e. The lowest BCUT2D eigenvalue weighted by molar-refractivity contribution is 0.100. The van der Waals surface area contributed by atoms with Gasteiger partial charge in [0.2, 0.25) is 5.91 Å². The molecule has 8 heteroatoms. The molecule has 1 aliphatic rings. The Hall–Kier alpha value is -3.94. The number of carbonyl (C=O) groups is 1. The van der Waals surface area contributed by atoms with Gasteiger partial charge < -0.3 is 15.8 Å². The zero-order chi connectivity index (χ0) is 21.2. The van der Waals surface area contributed by atoms with Gasteiger partial charge in [-0.15, -0.1) is 0 Å². The van der Waals surface area contributed by atoms with Crippen LogP contribution in [-0.2, 0) is 13.0 Å². The molecule has 1 aliphatic heterocycles. The van der Waals surface area contributed by atoms with Crippen molar-refractivity contribution in [1.29, 1.82) is 0 Å². The third-order valence-electron chi connectivity index (χ3n) is 5.35. The number of hydrogen-bond donors (Lipinski definition) is 2. The van der Waals surface area contributed by atoms with E-state index in [1.807, 2.05) is 24.3 Å². The van der Waals surface area contributed by atoms with Gasteiger partial charge in [0.1, 0.15) is 0 Å². The first-order valence-corrected chi connectivity index (χ1v) is 10.3. The van der Waals surface area contributed by atoms with Crippen LogP contribution < -0.4 is 15.8 Å². The van der Waals surface area contributed by atoms with Crippen LogP contribution in [0.3, 0.4) is 0 Å². The molecule has 0 bridgehead atoms. The Labute approximate surface area is 179 Å². The fraction of sp³-hybridized carbons (Fsp3) is 0.217. The van der Waals surface area contributed by atoms with Gasteiger partial charge in [-0.05, 0) is 37.0 Å². The predicted octanol–water partition coefficient (Wildman–Crippen LogP) is 3.24. The van der Waals surface area contributed by atoms with E-state index in [1.165, 1.54) is 0 Å². The molecule has 4 aromatic rings. The number of nitrogens with two attached hydrogens (primary N) is 1. The second-order valence-corrected chi connectivity index (χ2v) is 7.45. The number of primary amides is 1. The van der Waals surface area contributed by atoms with Gasteiger partial charge in [0.15, 0.2) is 11.6 Å². The number of carbonyl (C=O) groups excluding carboxylic acids is 1. The van der Waals surface area contributed by atoms with Gasteiger partial charge in [-0.25, -0.2) is 4.98 Å². The molecule has 0 saturated heterocycles. The Morgan fingerprint density at radius 2 is 1.97 bits per heavy atom. The molecule has 0 radical (unpaired) electrons. The van der Waals surface area contributed by atoms with E-state index in [4.69, 9.17) is 20.4 Å². The van der Waals surface area contributed by atoms with Gasteiger partial charge in [0, 0.05) is 11.9 Å². The van der Waals surface area contributed by atoms with Gasteiger partial charge in [0.05, 0.1) is 29.6 Å². The molecule has 0 spiro atoms. The van der Waals surface area contributed by atoms with Crippen LogP contribution in [0.5, 0.6) is 5.75 Å². The van der Waals surface area contributed by atoms with Crippen molar-refractivity contribution in [1.82, 2.24) is 19.7 Å². The van der Waals surface area contributed by atoms with Crippen molar-refractivity contribution in [2.24, 2.45) is 5.73 Å². The summed E-state index contributed by atoms with van der Waals surface area (Å²) in [6.45, 7) is 1.25. The number of fused-ring (bicyclic) bond motifs is 2. The molecule has 0 atom stereocenters. The Morgan fingerprint density at radius 3 is 2.81 bits per heavy atom. The summed E-state index contributed by atoms with van der Waals surface area (Å²) >= 11 is 0. The van der Waals surface area contributed by atoms with E-state index >= 15 is 0 Å². The quantitative estimate of drug-likeness (QED) is 0.519. The largest absolute Gasteiger partial charge is 0.488 e. The fourth-order valence-corrected chi connectivity index (χ4v) is 3.80. The number of rotatable bonds is 5. The first-order chi connectivity index (χ1) is 15.2. The second kappa shape index (κ2) is 8.06. The number of anilines is 1. The third kappa shape index (κ3) is 3.68. The molecule has 8 nitrogen and oxygen atoms in total. The molecule has 0 unspecified atom stereocenters. The average Bonchev–Trinajstić information content (AvgIpc) is 3.08. The van der Waals surface area contributed by atoms with E-state index in [0.29, 0.717) is 41.6 Å². The normalized spacial score (nSPS) is 13.3. The first-order valence-electron chi connectivity index (χ1n) is 10.3. The van der Waals surface area contributed by atoms with Crippen molar-refractivity contribution in [3.63, 3.8) is 0 Å². The van der Waals surface area contributed by atoms with Crippen LogP contribution in [-0.4, -0.2) is 32.3 Å². The lowest BCUT2D eigenvalue weighted by atomic mass is 10.1. The zero-order valence-electron chi connectivity index (χ0n) is 16.9. The SMILES string of the molecule is NC(=O)c1cccc2c1cnn2-c1nc2c(c(NCc3ccccc3)n1)OCCCC2. The number of ether oxygens (including phenoxy) is 1. The number of amides is 1. The summed E-state index contributed by atoms with van der Waals surface area (Å²) in [6, 6.07) is 15.5. The molecule has 0 saturated carbocycles. The number of benzene rings is 2. The van der Waals surface area contributed by atoms with E-state index in [9.17, 15) is 4.79 Å². The van der Waals surface area contributed by atoms with Crippen LogP contribution in [0.4, 0.5) is 5.82 Å². The summed E-state index contributed by atoms with van der Waals surface area (Å²) in [7, 11) is 0. The maximum atomic E-state index is 11.8. The van der Waals surface area contributed by atoms with Crippen LogP contribution in [0.1, 0.15) is 34.5 Å². The highest BCUT2D eigenvalue weighted by Gasteiger charge is 2.21. The van der Waals surface area contributed by atoms with E-state index in [2.05, 4.69) is 22.5 Å². The summed E-state index contributed by atoms with van der Waals surface area (Å²) in [5, 5.41) is 8.53. The van der Waals surface area contributed by atoms with E-state index in [1.54, 1.807) is 23.0 Å². The average molecular weight is 414 g/mol. The molecule has 156 valence electrons. The van der Waals surface area contributed by atoms with Crippen LogP contribution in [0.15, 0.2) is 54.7 Å². The summed E-state index contributed by atoms with van der Waals surface area (Å²) in [4.78, 5) is 21.3. The second-order valence-electron chi connectivity index (χ2n) is 7.45. The van der Waals surface area contributed by atoms with Crippen LogP contribution in [0.2, 0.25) is 0 Å². The van der Waals surface area contributed by atoms with Crippen LogP contribution in [0.25, 0.3) is 16.9 Å². The monoisotopic (exact) mass is 414 g/mol. The first kappa shape index (κ1) is 19.0. The molecule has 31 heavy (non-hydrogen) atoms. The van der Waals surface area contributed by atoms with Crippen molar-refractivity contribution in [2.75, 3.05) is 11.9 Å². The molecule has 3 N–H and O–H groups in total. The molecule has 0 fully saturated rings. The minimum Gasteiger partial charge on any atom is -0.488 e. The van der Waals surface area contributed by atoms with Crippen molar-refractivity contribution < 1.29 is 9.53 Å². The van der Waals surface area contributed by atoms with Gasteiger partial charge in [0.25, 0.3) is 5.95 Å². The van der Waals surface area contributed by atoms with Crippen molar-refractivity contribution >= 4 is 22.6 Å². The minimum atomic E-state index is -0.494. The molecular formula is C23H22N6O2. The number of hydrogen-bond acceptors (Lipinski definition) is 6. The summed E-state index contributed by atoms with van der Waals surface area (Å²) in [5.74, 6) is 1.27. The Morgan fingerprint density at radius 1 is 1.10 bits per heavy atom. The van der Waals surface area contributed by atoms with Gasteiger partial charge in [-0.2, -0.15) is 14.8 Å². The molecule has 1 amide bonds. The maximum absolute atomic E-state index is 11.8. The molecule has 3 heterocycles. The molecular weight excluding hydrogens is 392 g/mol. The Kier molecular flexibility index (Phi) is 4.95. The van der Waals surface area contributed by atoms with E-state index in [-0.39, 0.29) is 0 Å². The Bertz CT molecular complexity index is 1250. The van der Waals surface area contributed by atoms with Crippen molar-refractivity contribution in [3.8, 4) is 11.7 Å². The van der Waals surface area contributed by atoms with Crippen molar-refractivity contribution in [2.45, 2.75) is 25.8 Å². The lowest BCUT2D eigenvalue weighted by Crippen LogP contribution is -2.12. The highest BCUT2D eigenvalue weighted by molar-refractivity contribution is 6.05. The van der Waals surface area contributed by atoms with Crippen LogP contribution in [0, 0.1) is 0 Å². The van der Waals surface area contributed by atoms with Crippen molar-refractivity contribution in [3.05, 3.63) is 71.5 Å². The molecule has 0 aliphatic carbocycles. The minimum absolute atomic E-state index is 0.421.